The molecule has 0 unspecified atom stereocenters. The summed E-state index contributed by atoms with van der Waals surface area (Å²) in [6.07, 6.45) is 4.25. The first-order valence-corrected chi connectivity index (χ1v) is 8.41. The number of nitrogens with one attached hydrogen (secondary N) is 1. The average molecular weight is 455 g/mol. The first kappa shape index (κ1) is 19.8. The van der Waals surface area contributed by atoms with Gasteiger partial charge in [0.25, 0.3) is 0 Å². The highest BCUT2D eigenvalue weighted by molar-refractivity contribution is 14.0. The van der Waals surface area contributed by atoms with Gasteiger partial charge in [-0.3, -0.25) is 4.99 Å². The number of fused-ring (bicyclic) bond motifs is 1. The van der Waals surface area contributed by atoms with Crippen molar-refractivity contribution < 1.29 is 9.15 Å². The Bertz CT molecular complexity index is 706. The maximum Gasteiger partial charge on any atom is 0.193 e. The number of hydrogen-bond acceptors (Lipinski definition) is 3. The fourth-order valence-corrected chi connectivity index (χ4v) is 2.94. The molecule has 3 rings (SSSR count). The van der Waals surface area contributed by atoms with Crippen molar-refractivity contribution in [3.05, 3.63) is 47.7 Å². The van der Waals surface area contributed by atoms with E-state index >= 15 is 0 Å². The molecule has 1 aliphatic heterocycles. The molecule has 0 saturated heterocycles. The molecule has 0 aliphatic carbocycles. The molecule has 0 amide bonds. The quantitative estimate of drug-likeness (QED) is 0.323. The van der Waals surface area contributed by atoms with Gasteiger partial charge in [0.1, 0.15) is 11.3 Å². The van der Waals surface area contributed by atoms with Crippen molar-refractivity contribution in [1.29, 1.82) is 0 Å². The third kappa shape index (κ3) is 5.47. The number of ether oxygens (including phenoxy) is 1. The third-order valence-corrected chi connectivity index (χ3v) is 4.23. The van der Waals surface area contributed by atoms with E-state index in [2.05, 4.69) is 33.4 Å². The van der Waals surface area contributed by atoms with Crippen LogP contribution in [-0.4, -0.2) is 44.7 Å². The Morgan fingerprint density at radius 3 is 2.88 bits per heavy atom. The number of benzene rings is 1. The van der Waals surface area contributed by atoms with Gasteiger partial charge in [-0.05, 0) is 25.0 Å². The second kappa shape index (κ2) is 9.82. The van der Waals surface area contributed by atoms with Gasteiger partial charge >= 0.3 is 0 Å². The van der Waals surface area contributed by atoms with Crippen molar-refractivity contribution in [3.8, 4) is 0 Å². The van der Waals surface area contributed by atoms with E-state index in [9.17, 15) is 0 Å². The van der Waals surface area contributed by atoms with E-state index < -0.39 is 0 Å². The van der Waals surface area contributed by atoms with Crippen LogP contribution in [0.25, 0.3) is 11.0 Å². The summed E-state index contributed by atoms with van der Waals surface area (Å²) in [4.78, 5) is 6.45. The summed E-state index contributed by atoms with van der Waals surface area (Å²) >= 11 is 0. The van der Waals surface area contributed by atoms with E-state index in [1.54, 1.807) is 0 Å². The minimum atomic E-state index is 0. The van der Waals surface area contributed by atoms with Crippen LogP contribution in [0.3, 0.4) is 0 Å². The summed E-state index contributed by atoms with van der Waals surface area (Å²) in [6.45, 7) is 3.15. The van der Waals surface area contributed by atoms with Crippen molar-refractivity contribution in [2.45, 2.75) is 19.4 Å². The molecule has 0 atom stereocenters. The van der Waals surface area contributed by atoms with Crippen LogP contribution in [0.5, 0.6) is 0 Å². The highest BCUT2D eigenvalue weighted by Crippen LogP contribution is 2.19. The van der Waals surface area contributed by atoms with Gasteiger partial charge in [-0.2, -0.15) is 0 Å². The molecular formula is C19H26IN3O2. The Morgan fingerprint density at radius 1 is 1.32 bits per heavy atom. The molecule has 25 heavy (non-hydrogen) atoms. The van der Waals surface area contributed by atoms with Crippen molar-refractivity contribution in [1.82, 2.24) is 10.2 Å². The lowest BCUT2D eigenvalue weighted by Crippen LogP contribution is -2.39. The van der Waals surface area contributed by atoms with Gasteiger partial charge in [-0.1, -0.05) is 29.8 Å². The summed E-state index contributed by atoms with van der Waals surface area (Å²) in [7, 11) is 3.83. The zero-order valence-electron chi connectivity index (χ0n) is 14.8. The van der Waals surface area contributed by atoms with Crippen LogP contribution in [0, 0.1) is 0 Å². The van der Waals surface area contributed by atoms with Crippen LogP contribution in [0.1, 0.15) is 18.6 Å². The largest absolute Gasteiger partial charge is 0.459 e. The molecular weight excluding hydrogens is 429 g/mol. The van der Waals surface area contributed by atoms with Gasteiger partial charge in [-0.25, -0.2) is 0 Å². The number of furan rings is 1. The zero-order valence-corrected chi connectivity index (χ0v) is 17.2. The summed E-state index contributed by atoms with van der Waals surface area (Å²) in [5, 5.41) is 4.56. The molecule has 1 N–H and O–H groups in total. The molecule has 0 radical (unpaired) electrons. The smallest absolute Gasteiger partial charge is 0.193 e. The highest BCUT2D eigenvalue weighted by Gasteiger charge is 2.11. The monoisotopic (exact) mass is 455 g/mol. The summed E-state index contributed by atoms with van der Waals surface area (Å²) in [5.74, 6) is 1.82. The molecule has 5 nitrogen and oxygen atoms in total. The lowest BCUT2D eigenvalue weighted by Gasteiger charge is -2.21. The SMILES string of the molecule is CN=C(NCCC1=CCOCC1)N(C)Cc1cc2ccccc2o1.I. The van der Waals surface area contributed by atoms with E-state index in [1.165, 1.54) is 5.57 Å². The number of halogens is 1. The van der Waals surface area contributed by atoms with Gasteiger partial charge in [0.05, 0.1) is 19.8 Å². The normalized spacial score (nSPS) is 14.8. The maximum absolute atomic E-state index is 5.89. The molecule has 0 spiro atoms. The highest BCUT2D eigenvalue weighted by atomic mass is 127. The second-order valence-electron chi connectivity index (χ2n) is 6.02. The Labute approximate surface area is 166 Å². The summed E-state index contributed by atoms with van der Waals surface area (Å²) in [6, 6.07) is 10.2. The number of hydrogen-bond donors (Lipinski definition) is 1. The predicted octanol–water partition coefficient (Wildman–Crippen LogP) is 3.79. The number of nitrogens with zero attached hydrogens (tertiary/aromatic N) is 2. The minimum Gasteiger partial charge on any atom is -0.459 e. The summed E-state index contributed by atoms with van der Waals surface area (Å²) in [5.41, 5.74) is 2.39. The van der Waals surface area contributed by atoms with Crippen molar-refractivity contribution in [3.63, 3.8) is 0 Å². The van der Waals surface area contributed by atoms with Crippen molar-refractivity contribution >= 4 is 40.9 Å². The Balaban J connectivity index is 0.00000225. The molecule has 2 heterocycles. The molecule has 0 bridgehead atoms. The van der Waals surface area contributed by atoms with Gasteiger partial charge in [0.15, 0.2) is 5.96 Å². The third-order valence-electron chi connectivity index (χ3n) is 4.23. The molecule has 1 aromatic heterocycles. The molecule has 0 saturated carbocycles. The molecule has 136 valence electrons. The molecule has 2 aromatic rings. The van der Waals surface area contributed by atoms with Gasteiger partial charge in [-0.15, -0.1) is 24.0 Å². The van der Waals surface area contributed by atoms with Crippen LogP contribution in [-0.2, 0) is 11.3 Å². The molecule has 0 fully saturated rings. The van der Waals surface area contributed by atoms with E-state index in [0.717, 1.165) is 55.3 Å². The first-order chi connectivity index (χ1) is 11.8. The molecule has 1 aromatic carbocycles. The topological polar surface area (TPSA) is 50.0 Å². The van der Waals surface area contributed by atoms with Crippen molar-refractivity contribution in [2.75, 3.05) is 33.9 Å². The molecule has 1 aliphatic rings. The fourth-order valence-electron chi connectivity index (χ4n) is 2.94. The average Bonchev–Trinajstić information content (AvgIpc) is 3.01. The second-order valence-corrected chi connectivity index (χ2v) is 6.02. The fraction of sp³-hybridized carbons (Fsp3) is 0.421. The van der Waals surface area contributed by atoms with E-state index in [4.69, 9.17) is 9.15 Å². The Morgan fingerprint density at radius 2 is 2.16 bits per heavy atom. The lowest BCUT2D eigenvalue weighted by atomic mass is 10.1. The number of para-hydroxylation sites is 1. The Kier molecular flexibility index (Phi) is 7.77. The van der Waals surface area contributed by atoms with Crippen LogP contribution in [0.15, 0.2) is 51.4 Å². The van der Waals surface area contributed by atoms with Crippen molar-refractivity contribution in [2.24, 2.45) is 4.99 Å². The maximum atomic E-state index is 5.89. The Hall–Kier alpha value is -1.54. The van der Waals surface area contributed by atoms with E-state index in [1.807, 2.05) is 32.3 Å². The number of rotatable bonds is 5. The van der Waals surface area contributed by atoms with Crippen LogP contribution < -0.4 is 5.32 Å². The minimum absolute atomic E-state index is 0. The van der Waals surface area contributed by atoms with Gasteiger partial charge in [0.2, 0.25) is 0 Å². The first-order valence-electron chi connectivity index (χ1n) is 8.41. The van der Waals surface area contributed by atoms with Gasteiger partial charge in [0, 0.05) is 26.0 Å². The van der Waals surface area contributed by atoms with Crippen LogP contribution in [0.2, 0.25) is 0 Å². The predicted molar refractivity (Wildman–Crippen MR) is 113 cm³/mol. The zero-order chi connectivity index (χ0) is 16.8. The number of guanidine groups is 1. The summed E-state index contributed by atoms with van der Waals surface area (Å²) < 4.78 is 11.2. The number of aliphatic imine (C=N–C) groups is 1. The molecule has 6 heteroatoms. The van der Waals surface area contributed by atoms with Crippen LogP contribution >= 0.6 is 24.0 Å². The van der Waals surface area contributed by atoms with E-state index in [-0.39, 0.29) is 24.0 Å². The standard InChI is InChI=1S/C19H25N3O2.HI/c1-20-19(21-10-7-15-8-11-23-12-9-15)22(2)14-17-13-16-5-3-4-6-18(16)24-17;/h3-6,8,13H,7,9-12,14H2,1-2H3,(H,20,21);1H. The van der Waals surface area contributed by atoms with E-state index in [0.29, 0.717) is 6.54 Å². The lowest BCUT2D eigenvalue weighted by molar-refractivity contribution is 0.153. The van der Waals surface area contributed by atoms with Gasteiger partial charge < -0.3 is 19.4 Å². The van der Waals surface area contributed by atoms with Crippen LogP contribution in [0.4, 0.5) is 0 Å².